The predicted octanol–water partition coefficient (Wildman–Crippen LogP) is 4.34. The van der Waals surface area contributed by atoms with Crippen molar-refractivity contribution in [2.24, 2.45) is 5.92 Å². The van der Waals surface area contributed by atoms with E-state index in [4.69, 9.17) is 0 Å². The van der Waals surface area contributed by atoms with Crippen LogP contribution in [0, 0.1) is 5.92 Å². The highest BCUT2D eigenvalue weighted by molar-refractivity contribution is 9.10. The Balaban J connectivity index is 1.85. The summed E-state index contributed by atoms with van der Waals surface area (Å²) in [6.45, 7) is 5.15. The molecule has 1 aromatic heterocycles. The number of anilines is 1. The molecule has 0 bridgehead atoms. The molecule has 112 valence electrons. The van der Waals surface area contributed by atoms with Crippen molar-refractivity contribution in [2.75, 3.05) is 17.6 Å². The first-order valence-electron chi connectivity index (χ1n) is 6.53. The average molecular weight is 386 g/mol. The van der Waals surface area contributed by atoms with Crippen molar-refractivity contribution < 1.29 is 4.79 Å². The van der Waals surface area contributed by atoms with E-state index in [-0.39, 0.29) is 5.78 Å². The topological polar surface area (TPSA) is 54.9 Å². The van der Waals surface area contributed by atoms with Crippen molar-refractivity contribution in [3.63, 3.8) is 0 Å². The maximum Gasteiger partial charge on any atom is 0.206 e. The van der Waals surface area contributed by atoms with Crippen molar-refractivity contribution in [3.8, 4) is 0 Å². The Morgan fingerprint density at radius 2 is 2.05 bits per heavy atom. The molecule has 0 aliphatic rings. The number of carbonyl (C=O) groups excluding carboxylic acids is 1. The summed E-state index contributed by atoms with van der Waals surface area (Å²) in [4.78, 5) is 12.1. The summed E-state index contributed by atoms with van der Waals surface area (Å²) in [5.74, 6) is 1.03. The molecule has 0 fully saturated rings. The third-order valence-electron chi connectivity index (χ3n) is 2.56. The second-order valence-corrected chi connectivity index (χ2v) is 7.98. The fraction of sp³-hybridized carbons (Fsp3) is 0.357. The van der Waals surface area contributed by atoms with E-state index in [9.17, 15) is 4.79 Å². The second-order valence-electron chi connectivity index (χ2n) is 4.87. The number of benzene rings is 1. The van der Waals surface area contributed by atoms with E-state index in [1.54, 1.807) is 0 Å². The lowest BCUT2D eigenvalue weighted by Gasteiger charge is -2.03. The van der Waals surface area contributed by atoms with E-state index in [1.807, 2.05) is 24.3 Å². The van der Waals surface area contributed by atoms with Crippen LogP contribution in [0.4, 0.5) is 5.13 Å². The smallest absolute Gasteiger partial charge is 0.206 e. The van der Waals surface area contributed by atoms with Crippen molar-refractivity contribution in [1.29, 1.82) is 0 Å². The minimum atomic E-state index is 0.0967. The number of thioether (sulfide) groups is 1. The molecule has 0 unspecified atom stereocenters. The second kappa shape index (κ2) is 7.91. The van der Waals surface area contributed by atoms with E-state index in [0.29, 0.717) is 17.2 Å². The molecule has 4 nitrogen and oxygen atoms in total. The Hall–Kier alpha value is -0.920. The molecule has 0 amide bonds. The number of aromatic nitrogens is 2. The molecular weight excluding hydrogens is 370 g/mol. The van der Waals surface area contributed by atoms with E-state index >= 15 is 0 Å². The molecule has 1 heterocycles. The highest BCUT2D eigenvalue weighted by atomic mass is 79.9. The number of hydrogen-bond donors (Lipinski definition) is 1. The van der Waals surface area contributed by atoms with Crippen LogP contribution >= 0.6 is 39.0 Å². The quantitative estimate of drug-likeness (QED) is 0.567. The van der Waals surface area contributed by atoms with Gasteiger partial charge in [0.05, 0.1) is 5.75 Å². The van der Waals surface area contributed by atoms with E-state index in [0.717, 1.165) is 20.5 Å². The van der Waals surface area contributed by atoms with Crippen LogP contribution in [-0.4, -0.2) is 28.3 Å². The van der Waals surface area contributed by atoms with Gasteiger partial charge >= 0.3 is 0 Å². The lowest BCUT2D eigenvalue weighted by molar-refractivity contribution is 0.102. The standard InChI is InChI=1S/C14H16BrN3OS2/c1-9(2)7-16-13-17-18-14(21-13)20-8-12(19)10-3-5-11(15)6-4-10/h3-6,9H,7-8H2,1-2H3,(H,16,17). The number of ketones is 1. The Bertz CT molecular complexity index is 599. The first-order valence-corrected chi connectivity index (χ1v) is 9.13. The van der Waals surface area contributed by atoms with Crippen molar-refractivity contribution in [2.45, 2.75) is 18.2 Å². The van der Waals surface area contributed by atoms with Crippen LogP contribution in [0.15, 0.2) is 33.1 Å². The number of rotatable bonds is 7. The zero-order valence-corrected chi connectivity index (χ0v) is 15.0. The lowest BCUT2D eigenvalue weighted by Crippen LogP contribution is -2.07. The lowest BCUT2D eigenvalue weighted by atomic mass is 10.2. The van der Waals surface area contributed by atoms with Crippen LogP contribution in [0.1, 0.15) is 24.2 Å². The Morgan fingerprint density at radius 3 is 2.71 bits per heavy atom. The van der Waals surface area contributed by atoms with Gasteiger partial charge in [0.15, 0.2) is 10.1 Å². The van der Waals surface area contributed by atoms with Gasteiger partial charge in [-0.2, -0.15) is 0 Å². The summed E-state index contributed by atoms with van der Waals surface area (Å²) in [6, 6.07) is 7.39. The Labute approximate surface area is 140 Å². The molecule has 7 heteroatoms. The molecule has 0 saturated heterocycles. The highest BCUT2D eigenvalue weighted by Crippen LogP contribution is 2.26. The fourth-order valence-electron chi connectivity index (χ4n) is 1.48. The fourth-order valence-corrected chi connectivity index (χ4v) is 3.39. The SMILES string of the molecule is CC(C)CNc1nnc(SCC(=O)c2ccc(Br)cc2)s1. The van der Waals surface area contributed by atoms with Gasteiger partial charge in [-0.15, -0.1) is 10.2 Å². The maximum atomic E-state index is 12.1. The first kappa shape index (κ1) is 16.5. The van der Waals surface area contributed by atoms with Gasteiger partial charge in [0.1, 0.15) is 0 Å². The zero-order chi connectivity index (χ0) is 15.2. The number of nitrogens with zero attached hydrogens (tertiary/aromatic N) is 2. The van der Waals surface area contributed by atoms with Gasteiger partial charge in [0, 0.05) is 16.6 Å². The third kappa shape index (κ3) is 5.41. The number of nitrogens with one attached hydrogen (secondary N) is 1. The molecule has 2 rings (SSSR count). The largest absolute Gasteiger partial charge is 0.360 e. The van der Waals surface area contributed by atoms with Crippen LogP contribution in [0.5, 0.6) is 0 Å². The Morgan fingerprint density at radius 1 is 1.33 bits per heavy atom. The van der Waals surface area contributed by atoms with Gasteiger partial charge in [0.2, 0.25) is 5.13 Å². The first-order chi connectivity index (χ1) is 10.0. The van der Waals surface area contributed by atoms with Crippen LogP contribution in [-0.2, 0) is 0 Å². The summed E-state index contributed by atoms with van der Waals surface area (Å²) in [6.07, 6.45) is 0. The van der Waals surface area contributed by atoms with Crippen LogP contribution < -0.4 is 5.32 Å². The molecular formula is C14H16BrN3OS2. The Kier molecular flexibility index (Phi) is 6.20. The van der Waals surface area contributed by atoms with E-state index in [2.05, 4.69) is 45.3 Å². The third-order valence-corrected chi connectivity index (χ3v) is 5.10. The molecule has 21 heavy (non-hydrogen) atoms. The van der Waals surface area contributed by atoms with Crippen molar-refractivity contribution in [1.82, 2.24) is 10.2 Å². The van der Waals surface area contributed by atoms with Crippen LogP contribution in [0.25, 0.3) is 0 Å². The van der Waals surface area contributed by atoms with Gasteiger partial charge in [-0.05, 0) is 18.1 Å². The average Bonchev–Trinajstić information content (AvgIpc) is 2.91. The molecule has 1 aromatic carbocycles. The van der Waals surface area contributed by atoms with Crippen LogP contribution in [0.3, 0.4) is 0 Å². The molecule has 0 aliphatic heterocycles. The predicted molar refractivity (Wildman–Crippen MR) is 92.4 cm³/mol. The molecule has 0 atom stereocenters. The molecule has 0 saturated carbocycles. The van der Waals surface area contributed by atoms with Gasteiger partial charge in [-0.25, -0.2) is 0 Å². The zero-order valence-electron chi connectivity index (χ0n) is 11.8. The minimum Gasteiger partial charge on any atom is -0.360 e. The maximum absolute atomic E-state index is 12.1. The van der Waals surface area contributed by atoms with Gasteiger partial charge in [-0.3, -0.25) is 4.79 Å². The van der Waals surface area contributed by atoms with Crippen molar-refractivity contribution in [3.05, 3.63) is 34.3 Å². The molecule has 0 spiro atoms. The van der Waals surface area contributed by atoms with Gasteiger partial charge in [-0.1, -0.05) is 65.0 Å². The van der Waals surface area contributed by atoms with E-state index < -0.39 is 0 Å². The number of hydrogen-bond acceptors (Lipinski definition) is 6. The molecule has 0 radical (unpaired) electrons. The summed E-state index contributed by atoms with van der Waals surface area (Å²) < 4.78 is 1.78. The summed E-state index contributed by atoms with van der Waals surface area (Å²) >= 11 is 6.27. The minimum absolute atomic E-state index is 0.0967. The molecule has 0 aliphatic carbocycles. The number of carbonyl (C=O) groups is 1. The van der Waals surface area contributed by atoms with Gasteiger partial charge < -0.3 is 5.32 Å². The normalized spacial score (nSPS) is 10.9. The summed E-state index contributed by atoms with van der Waals surface area (Å²) in [5, 5.41) is 12.2. The number of Topliss-reactive ketones (excluding diaryl/α,β-unsaturated/α-hetero) is 1. The summed E-state index contributed by atoms with van der Waals surface area (Å²) in [5.41, 5.74) is 0.716. The van der Waals surface area contributed by atoms with Crippen LogP contribution in [0.2, 0.25) is 0 Å². The molecule has 1 N–H and O–H groups in total. The molecule has 2 aromatic rings. The number of halogens is 1. The van der Waals surface area contributed by atoms with E-state index in [1.165, 1.54) is 23.1 Å². The summed E-state index contributed by atoms with van der Waals surface area (Å²) in [7, 11) is 0. The monoisotopic (exact) mass is 385 g/mol. The van der Waals surface area contributed by atoms with Crippen molar-refractivity contribution >= 4 is 49.9 Å². The highest BCUT2D eigenvalue weighted by Gasteiger charge is 2.10. The van der Waals surface area contributed by atoms with Gasteiger partial charge in [0.25, 0.3) is 0 Å².